The summed E-state index contributed by atoms with van der Waals surface area (Å²) in [7, 11) is 0. The van der Waals surface area contributed by atoms with Crippen molar-refractivity contribution in [1.82, 2.24) is 10.2 Å². The van der Waals surface area contributed by atoms with Crippen molar-refractivity contribution >= 4 is 11.8 Å². The smallest absolute Gasteiger partial charge is 0.369 e. The van der Waals surface area contributed by atoms with Gasteiger partial charge < -0.3 is 11.1 Å². The summed E-state index contributed by atoms with van der Waals surface area (Å²) in [6.45, 7) is 0.117. The van der Waals surface area contributed by atoms with Crippen LogP contribution in [0.1, 0.15) is 51.4 Å². The molecule has 0 aromatic heterocycles. The van der Waals surface area contributed by atoms with Crippen molar-refractivity contribution in [2.24, 2.45) is 11.7 Å². The number of hydrogen-bond acceptors (Lipinski definition) is 3. The highest BCUT2D eigenvalue weighted by atomic mass is 19.4. The van der Waals surface area contributed by atoms with Crippen molar-refractivity contribution < 1.29 is 22.8 Å². The minimum absolute atomic E-state index is 0.0406. The summed E-state index contributed by atoms with van der Waals surface area (Å²) in [6.07, 6.45) is 0.685. The van der Waals surface area contributed by atoms with Gasteiger partial charge >= 0.3 is 6.18 Å². The predicted octanol–water partition coefficient (Wildman–Crippen LogP) is 1.95. The van der Waals surface area contributed by atoms with E-state index in [1.54, 1.807) is 4.90 Å². The molecular weight excluding hydrogens is 323 g/mol. The summed E-state index contributed by atoms with van der Waals surface area (Å²) in [5.41, 5.74) is 5.26. The van der Waals surface area contributed by atoms with Gasteiger partial charge in [-0.15, -0.1) is 0 Å². The Bertz CT molecular complexity index is 442. The van der Waals surface area contributed by atoms with E-state index in [1.165, 1.54) is 0 Å². The van der Waals surface area contributed by atoms with Gasteiger partial charge in [0.05, 0.1) is 19.0 Å². The number of carbonyl (C=O) groups excluding carboxylic acids is 2. The maximum Gasteiger partial charge on any atom is 0.391 e. The van der Waals surface area contributed by atoms with E-state index in [-0.39, 0.29) is 43.9 Å². The molecule has 0 atom stereocenters. The highest BCUT2D eigenvalue weighted by Crippen LogP contribution is 2.37. The Hall–Kier alpha value is -1.31. The number of alkyl halides is 3. The van der Waals surface area contributed by atoms with Gasteiger partial charge in [0.2, 0.25) is 11.8 Å². The van der Waals surface area contributed by atoms with E-state index in [0.29, 0.717) is 12.8 Å². The number of halogens is 3. The number of rotatable bonds is 6. The second kappa shape index (κ2) is 8.18. The maximum atomic E-state index is 12.7. The van der Waals surface area contributed by atoms with Gasteiger partial charge in [0, 0.05) is 12.1 Å². The van der Waals surface area contributed by atoms with Crippen molar-refractivity contribution in [2.45, 2.75) is 69.6 Å². The molecule has 0 spiro atoms. The Balaban J connectivity index is 1.80. The molecule has 0 unspecified atom stereocenters. The van der Waals surface area contributed by atoms with Crippen LogP contribution in [0.5, 0.6) is 0 Å². The van der Waals surface area contributed by atoms with E-state index in [2.05, 4.69) is 5.32 Å². The fraction of sp³-hybridized carbons (Fsp3) is 0.875. The first-order chi connectivity index (χ1) is 11.3. The van der Waals surface area contributed by atoms with E-state index in [1.807, 2.05) is 0 Å². The molecule has 0 saturated heterocycles. The van der Waals surface area contributed by atoms with Crippen LogP contribution in [0.15, 0.2) is 0 Å². The van der Waals surface area contributed by atoms with Crippen LogP contribution in [0.4, 0.5) is 13.2 Å². The third-order valence-electron chi connectivity index (χ3n) is 5.10. The molecule has 0 aliphatic heterocycles. The molecule has 0 aromatic rings. The number of carbonyl (C=O) groups is 2. The van der Waals surface area contributed by atoms with Gasteiger partial charge in [-0.05, 0) is 38.5 Å². The third-order valence-corrected chi connectivity index (χ3v) is 5.10. The molecule has 2 rings (SSSR count). The zero-order chi connectivity index (χ0) is 17.7. The average molecular weight is 349 g/mol. The van der Waals surface area contributed by atoms with Crippen LogP contribution in [-0.4, -0.2) is 48.1 Å². The Morgan fingerprint density at radius 1 is 1.00 bits per heavy atom. The topological polar surface area (TPSA) is 75.4 Å². The summed E-state index contributed by atoms with van der Waals surface area (Å²) in [6, 6.07) is -0.0284. The second-order valence-corrected chi connectivity index (χ2v) is 6.97. The SMILES string of the molecule is NC(=O)CN(CC(=O)NC1CCC(C(F)(F)F)CC1)C1CCCC1. The zero-order valence-electron chi connectivity index (χ0n) is 13.8. The Kier molecular flexibility index (Phi) is 6.48. The van der Waals surface area contributed by atoms with Crippen LogP contribution in [0.2, 0.25) is 0 Å². The maximum absolute atomic E-state index is 12.7. The van der Waals surface area contributed by atoms with Gasteiger partial charge in [-0.25, -0.2) is 0 Å². The van der Waals surface area contributed by atoms with Crippen LogP contribution in [0, 0.1) is 5.92 Å². The number of nitrogens with zero attached hydrogens (tertiary/aromatic N) is 1. The molecule has 8 heteroatoms. The molecule has 3 N–H and O–H groups in total. The van der Waals surface area contributed by atoms with Crippen molar-refractivity contribution in [1.29, 1.82) is 0 Å². The van der Waals surface area contributed by atoms with Crippen LogP contribution in [-0.2, 0) is 9.59 Å². The number of nitrogens with one attached hydrogen (secondary N) is 1. The summed E-state index contributed by atoms with van der Waals surface area (Å²) in [5, 5.41) is 2.82. The molecule has 24 heavy (non-hydrogen) atoms. The molecule has 2 aliphatic carbocycles. The number of nitrogens with two attached hydrogens (primary N) is 1. The number of amides is 2. The minimum Gasteiger partial charge on any atom is -0.369 e. The van der Waals surface area contributed by atoms with Crippen molar-refractivity contribution in [3.63, 3.8) is 0 Å². The largest absolute Gasteiger partial charge is 0.391 e. The number of primary amides is 1. The quantitative estimate of drug-likeness (QED) is 0.770. The highest BCUT2D eigenvalue weighted by Gasteiger charge is 2.41. The molecule has 2 saturated carbocycles. The number of hydrogen-bond donors (Lipinski definition) is 2. The summed E-state index contributed by atoms with van der Waals surface area (Å²) >= 11 is 0. The van der Waals surface area contributed by atoms with Crippen molar-refractivity contribution in [3.8, 4) is 0 Å². The Morgan fingerprint density at radius 2 is 1.58 bits per heavy atom. The molecular formula is C16H26F3N3O2. The predicted molar refractivity (Wildman–Crippen MR) is 83.0 cm³/mol. The van der Waals surface area contributed by atoms with E-state index in [4.69, 9.17) is 5.73 Å². The lowest BCUT2D eigenvalue weighted by Crippen LogP contribution is -2.48. The van der Waals surface area contributed by atoms with E-state index < -0.39 is 18.0 Å². The van der Waals surface area contributed by atoms with Gasteiger partial charge in [-0.1, -0.05) is 12.8 Å². The molecule has 2 amide bonds. The molecule has 2 aliphatic rings. The van der Waals surface area contributed by atoms with Crippen LogP contribution in [0.3, 0.4) is 0 Å². The summed E-state index contributed by atoms with van der Waals surface area (Å²) in [5.74, 6) is -1.96. The fourth-order valence-electron chi connectivity index (χ4n) is 3.81. The summed E-state index contributed by atoms with van der Waals surface area (Å²) < 4.78 is 38.0. The molecule has 0 radical (unpaired) electrons. The Morgan fingerprint density at radius 3 is 2.08 bits per heavy atom. The van der Waals surface area contributed by atoms with Gasteiger partial charge in [0.1, 0.15) is 0 Å². The second-order valence-electron chi connectivity index (χ2n) is 6.97. The lowest BCUT2D eigenvalue weighted by Gasteiger charge is -2.32. The van der Waals surface area contributed by atoms with Crippen LogP contribution >= 0.6 is 0 Å². The monoisotopic (exact) mass is 349 g/mol. The molecule has 138 valence electrons. The lowest BCUT2D eigenvalue weighted by molar-refractivity contribution is -0.182. The Labute approximate surface area is 140 Å². The van der Waals surface area contributed by atoms with Crippen molar-refractivity contribution in [2.75, 3.05) is 13.1 Å². The van der Waals surface area contributed by atoms with Gasteiger partial charge in [0.25, 0.3) is 0 Å². The van der Waals surface area contributed by atoms with Gasteiger partial charge in [-0.2, -0.15) is 13.2 Å². The molecule has 0 heterocycles. The fourth-order valence-corrected chi connectivity index (χ4v) is 3.81. The van der Waals surface area contributed by atoms with Crippen LogP contribution < -0.4 is 11.1 Å². The van der Waals surface area contributed by atoms with E-state index >= 15 is 0 Å². The minimum atomic E-state index is -4.14. The molecule has 0 aromatic carbocycles. The normalized spacial score (nSPS) is 25.8. The third kappa shape index (κ3) is 5.65. The first-order valence-electron chi connectivity index (χ1n) is 8.64. The zero-order valence-corrected chi connectivity index (χ0v) is 13.8. The van der Waals surface area contributed by atoms with Gasteiger partial charge in [0.15, 0.2) is 0 Å². The van der Waals surface area contributed by atoms with E-state index in [9.17, 15) is 22.8 Å². The molecule has 0 bridgehead atoms. The first kappa shape index (κ1) is 19.0. The van der Waals surface area contributed by atoms with Crippen molar-refractivity contribution in [3.05, 3.63) is 0 Å². The standard InChI is InChI=1S/C16H26F3N3O2/c17-16(18,19)11-5-7-12(8-6-11)21-15(24)10-22(9-14(20)23)13-3-1-2-4-13/h11-13H,1-10H2,(H2,20,23)(H,21,24). The van der Waals surface area contributed by atoms with E-state index in [0.717, 1.165) is 25.7 Å². The highest BCUT2D eigenvalue weighted by molar-refractivity contribution is 5.80. The molecule has 5 nitrogen and oxygen atoms in total. The lowest BCUT2D eigenvalue weighted by atomic mass is 9.85. The van der Waals surface area contributed by atoms with Gasteiger partial charge in [-0.3, -0.25) is 14.5 Å². The summed E-state index contributed by atoms with van der Waals surface area (Å²) in [4.78, 5) is 25.2. The van der Waals surface area contributed by atoms with Crippen LogP contribution in [0.25, 0.3) is 0 Å². The average Bonchev–Trinajstić information content (AvgIpc) is 2.99. The molecule has 2 fully saturated rings. The first-order valence-corrected chi connectivity index (χ1v) is 8.64.